The highest BCUT2D eigenvalue weighted by atomic mass is 32.2. The zero-order chi connectivity index (χ0) is 18.9. The number of fused-ring (bicyclic) bond motifs is 1. The third-order valence-electron chi connectivity index (χ3n) is 3.62. The molecular formula is C16H18N6O3S. The molecule has 0 spiro atoms. The number of anilines is 2. The lowest BCUT2D eigenvalue weighted by atomic mass is 10.1. The molecule has 0 saturated carbocycles. The van der Waals surface area contributed by atoms with Crippen LogP contribution in [0.4, 0.5) is 11.5 Å². The molecule has 0 bridgehead atoms. The van der Waals surface area contributed by atoms with Crippen LogP contribution in [-0.2, 0) is 15.0 Å². The number of hydrogen-bond donors (Lipinski definition) is 2. The average Bonchev–Trinajstić information content (AvgIpc) is 3.03. The van der Waals surface area contributed by atoms with E-state index < -0.39 is 10.2 Å². The molecule has 0 radical (unpaired) electrons. The zero-order valence-electron chi connectivity index (χ0n) is 14.5. The lowest BCUT2D eigenvalue weighted by molar-refractivity contribution is -0.114. The van der Waals surface area contributed by atoms with Crippen LogP contribution in [0.25, 0.3) is 16.6 Å². The maximum absolute atomic E-state index is 12.2. The van der Waals surface area contributed by atoms with Crippen LogP contribution in [0, 0.1) is 0 Å². The zero-order valence-corrected chi connectivity index (χ0v) is 15.3. The highest BCUT2D eigenvalue weighted by molar-refractivity contribution is 7.90. The summed E-state index contributed by atoms with van der Waals surface area (Å²) in [5.41, 5.74) is 2.49. The number of carbonyl (C=O) groups excluding carboxylic acids is 1. The minimum Gasteiger partial charge on any atom is -0.311 e. The van der Waals surface area contributed by atoms with E-state index in [0.29, 0.717) is 22.6 Å². The Balaban J connectivity index is 2.09. The van der Waals surface area contributed by atoms with Gasteiger partial charge >= 0.3 is 10.2 Å². The summed E-state index contributed by atoms with van der Waals surface area (Å²) in [6.07, 6.45) is 4.93. The van der Waals surface area contributed by atoms with E-state index >= 15 is 0 Å². The van der Waals surface area contributed by atoms with Gasteiger partial charge in [0, 0.05) is 39.0 Å². The first kappa shape index (κ1) is 17.8. The Kier molecular flexibility index (Phi) is 4.62. The van der Waals surface area contributed by atoms with Crippen molar-refractivity contribution >= 4 is 33.1 Å². The Morgan fingerprint density at radius 2 is 1.92 bits per heavy atom. The highest BCUT2D eigenvalue weighted by Gasteiger charge is 2.16. The molecule has 3 rings (SSSR count). The van der Waals surface area contributed by atoms with Crippen molar-refractivity contribution in [3.63, 3.8) is 0 Å². The summed E-state index contributed by atoms with van der Waals surface area (Å²) in [4.78, 5) is 15.3. The summed E-state index contributed by atoms with van der Waals surface area (Å²) in [5.74, 6) is 0.183. The third-order valence-corrected chi connectivity index (χ3v) is 5.06. The average molecular weight is 374 g/mol. The molecule has 0 saturated heterocycles. The van der Waals surface area contributed by atoms with Crippen molar-refractivity contribution in [3.8, 4) is 11.1 Å². The van der Waals surface area contributed by atoms with Gasteiger partial charge in [0.25, 0.3) is 0 Å². The number of aromatic nitrogens is 3. The van der Waals surface area contributed by atoms with Gasteiger partial charge < -0.3 is 5.32 Å². The molecule has 0 aliphatic rings. The minimum absolute atomic E-state index is 0.225. The number of carbonyl (C=O) groups is 1. The molecule has 1 amide bonds. The van der Waals surface area contributed by atoms with Crippen molar-refractivity contribution in [1.82, 2.24) is 18.9 Å². The van der Waals surface area contributed by atoms with E-state index in [2.05, 4.69) is 20.1 Å². The third kappa shape index (κ3) is 3.65. The highest BCUT2D eigenvalue weighted by Crippen LogP contribution is 2.28. The van der Waals surface area contributed by atoms with Gasteiger partial charge in [-0.3, -0.25) is 9.52 Å². The topological polar surface area (TPSA) is 109 Å². The Hall–Kier alpha value is -2.98. The van der Waals surface area contributed by atoms with E-state index in [1.54, 1.807) is 47.4 Å². The number of nitrogens with one attached hydrogen (secondary N) is 2. The Labute approximate surface area is 150 Å². The molecule has 0 fully saturated rings. The molecule has 0 unspecified atom stereocenters. The van der Waals surface area contributed by atoms with Crippen LogP contribution in [-0.4, -0.2) is 47.3 Å². The molecule has 0 aliphatic heterocycles. The van der Waals surface area contributed by atoms with Gasteiger partial charge in [0.2, 0.25) is 5.91 Å². The van der Waals surface area contributed by atoms with Crippen LogP contribution < -0.4 is 10.0 Å². The molecule has 0 aliphatic carbocycles. The van der Waals surface area contributed by atoms with E-state index in [4.69, 9.17) is 0 Å². The predicted octanol–water partition coefficient (Wildman–Crippen LogP) is 1.57. The van der Waals surface area contributed by atoms with Crippen LogP contribution >= 0.6 is 0 Å². The Bertz CT molecular complexity index is 1070. The summed E-state index contributed by atoms with van der Waals surface area (Å²) in [6.45, 7) is 1.40. The van der Waals surface area contributed by atoms with E-state index in [-0.39, 0.29) is 5.91 Å². The van der Waals surface area contributed by atoms with Crippen LogP contribution in [0.15, 0.2) is 42.9 Å². The van der Waals surface area contributed by atoms with E-state index in [1.807, 2.05) is 0 Å². The van der Waals surface area contributed by atoms with E-state index in [1.165, 1.54) is 21.0 Å². The number of nitrogens with zero attached hydrogens (tertiary/aromatic N) is 4. The minimum atomic E-state index is -3.67. The molecule has 2 N–H and O–H groups in total. The Morgan fingerprint density at radius 1 is 1.15 bits per heavy atom. The van der Waals surface area contributed by atoms with Gasteiger partial charge in [-0.2, -0.15) is 17.8 Å². The fraction of sp³-hybridized carbons (Fsp3) is 0.188. The van der Waals surface area contributed by atoms with Gasteiger partial charge in [-0.05, 0) is 29.8 Å². The number of amides is 1. The summed E-state index contributed by atoms with van der Waals surface area (Å²) >= 11 is 0. The largest absolute Gasteiger partial charge is 0.311 e. The molecule has 26 heavy (non-hydrogen) atoms. The van der Waals surface area contributed by atoms with E-state index in [9.17, 15) is 13.2 Å². The molecule has 3 heterocycles. The lowest BCUT2D eigenvalue weighted by Gasteiger charge is -2.15. The summed E-state index contributed by atoms with van der Waals surface area (Å²) in [7, 11) is -0.777. The summed E-state index contributed by atoms with van der Waals surface area (Å²) in [6, 6.07) is 6.90. The number of pyridine rings is 2. The summed E-state index contributed by atoms with van der Waals surface area (Å²) < 4.78 is 29.7. The van der Waals surface area contributed by atoms with Crippen molar-refractivity contribution in [2.24, 2.45) is 0 Å². The second-order valence-corrected chi connectivity index (χ2v) is 7.69. The van der Waals surface area contributed by atoms with Crippen LogP contribution in [0.2, 0.25) is 0 Å². The van der Waals surface area contributed by atoms with Crippen molar-refractivity contribution in [1.29, 1.82) is 0 Å². The first-order valence-electron chi connectivity index (χ1n) is 7.68. The smallest absolute Gasteiger partial charge is 0.301 e. The maximum atomic E-state index is 12.2. The number of hydrogen-bond acceptors (Lipinski definition) is 5. The normalized spacial score (nSPS) is 11.7. The quantitative estimate of drug-likeness (QED) is 0.705. The van der Waals surface area contributed by atoms with Crippen LogP contribution in [0.1, 0.15) is 6.92 Å². The van der Waals surface area contributed by atoms with Gasteiger partial charge in [0.1, 0.15) is 5.82 Å². The summed E-state index contributed by atoms with van der Waals surface area (Å²) in [5, 5.41) is 6.82. The maximum Gasteiger partial charge on any atom is 0.301 e. The second kappa shape index (κ2) is 6.73. The van der Waals surface area contributed by atoms with Crippen LogP contribution in [0.5, 0.6) is 0 Å². The van der Waals surface area contributed by atoms with Gasteiger partial charge in [0.05, 0.1) is 17.4 Å². The fourth-order valence-corrected chi connectivity index (χ4v) is 2.98. The SMILES string of the molecule is CC(=O)Nc1cc(-c2cc(NS(=O)(=O)N(C)C)c3ccnn3c2)ccn1. The first-order valence-corrected chi connectivity index (χ1v) is 9.12. The molecule has 136 valence electrons. The predicted molar refractivity (Wildman–Crippen MR) is 99.0 cm³/mol. The molecule has 10 heteroatoms. The van der Waals surface area contributed by atoms with Gasteiger partial charge in [0.15, 0.2) is 0 Å². The Morgan fingerprint density at radius 3 is 2.62 bits per heavy atom. The van der Waals surface area contributed by atoms with Gasteiger partial charge in [-0.1, -0.05) is 0 Å². The molecule has 9 nitrogen and oxygen atoms in total. The monoisotopic (exact) mass is 374 g/mol. The standard InChI is InChI=1S/C16H18N6O3S/c1-11(23)19-16-9-12(4-6-17-16)13-8-14(20-26(24,25)21(2)3)15-5-7-18-22(15)10-13/h4-10,20H,1-3H3,(H,17,19,23). The molecular weight excluding hydrogens is 356 g/mol. The van der Waals surface area contributed by atoms with Crippen molar-refractivity contribution in [2.45, 2.75) is 6.92 Å². The van der Waals surface area contributed by atoms with Crippen molar-refractivity contribution < 1.29 is 13.2 Å². The lowest BCUT2D eigenvalue weighted by Crippen LogP contribution is -2.29. The molecule has 0 aromatic carbocycles. The number of rotatable bonds is 5. The van der Waals surface area contributed by atoms with Crippen LogP contribution in [0.3, 0.4) is 0 Å². The van der Waals surface area contributed by atoms with Gasteiger partial charge in [-0.25, -0.2) is 9.50 Å². The molecule has 3 aromatic rings. The van der Waals surface area contributed by atoms with E-state index in [0.717, 1.165) is 9.87 Å². The second-order valence-electron chi connectivity index (χ2n) is 5.80. The fourth-order valence-electron chi connectivity index (χ4n) is 2.36. The van der Waals surface area contributed by atoms with Crippen molar-refractivity contribution in [3.05, 3.63) is 42.9 Å². The van der Waals surface area contributed by atoms with Gasteiger partial charge in [-0.15, -0.1) is 0 Å². The first-order chi connectivity index (χ1) is 12.3. The molecule has 0 atom stereocenters. The molecule has 3 aromatic heterocycles. The van der Waals surface area contributed by atoms with Crippen molar-refractivity contribution in [2.75, 3.05) is 24.1 Å².